The van der Waals surface area contributed by atoms with Crippen molar-refractivity contribution in [2.24, 2.45) is 17.2 Å². The van der Waals surface area contributed by atoms with Gasteiger partial charge in [0, 0.05) is 84.9 Å². The Morgan fingerprint density at radius 1 is 0.442 bits per heavy atom. The molecule has 8 aromatic heterocycles. The SMILES string of the molecule is C.C.CC.CC.CC.CC.CCN.CCN.CCN.CCNC(=O)c1ccn2c(C)c(C)c(C)nc12.CCNC(=O)c1ccn2c(C)c(C)c(C)nc12.CCOC(=O)c1ccn2c(C)c(C)c(C)nc12.Cc1nc2c(C(=O)O)ccn2c(C)c1C.F.[2HH]. The predicted octanol–water partition coefficient (Wildman–Crippen LogP) is 14.1. The Labute approximate surface area is 518 Å². The summed E-state index contributed by atoms with van der Waals surface area (Å²) in [6.07, 6.45) is 7.40. The molecular weight excluding hydrogens is 1090 g/mol. The van der Waals surface area contributed by atoms with E-state index >= 15 is 0 Å². The van der Waals surface area contributed by atoms with E-state index in [1.54, 1.807) is 25.3 Å². The minimum atomic E-state index is -0.937. The van der Waals surface area contributed by atoms with Crippen molar-refractivity contribution in [1.82, 2.24) is 48.2 Å². The molecule has 8 rings (SSSR count). The minimum absolute atomic E-state index is 0. The van der Waals surface area contributed by atoms with E-state index < -0.39 is 5.97 Å². The van der Waals surface area contributed by atoms with Gasteiger partial charge in [0.15, 0.2) is 11.3 Å². The Hall–Kier alpha value is -7.55. The van der Waals surface area contributed by atoms with E-state index in [0.29, 0.717) is 47.7 Å². The van der Waals surface area contributed by atoms with Gasteiger partial charge in [-0.05, 0) is 170 Å². The molecule has 20 heteroatoms. The van der Waals surface area contributed by atoms with Crippen molar-refractivity contribution in [2.45, 2.75) is 195 Å². The number of fused-ring (bicyclic) bond motifs is 4. The van der Waals surface area contributed by atoms with Gasteiger partial charge in [-0.3, -0.25) is 14.3 Å². The Morgan fingerprint density at radius 3 is 0.872 bits per heavy atom. The lowest BCUT2D eigenvalue weighted by Crippen LogP contribution is -2.22. The van der Waals surface area contributed by atoms with Gasteiger partial charge < -0.3 is 55.3 Å². The van der Waals surface area contributed by atoms with Gasteiger partial charge in [0.05, 0.1) is 17.7 Å². The van der Waals surface area contributed by atoms with E-state index in [9.17, 15) is 19.2 Å². The number of nitrogens with two attached hydrogens (primary N) is 3. The number of aromatic nitrogens is 8. The van der Waals surface area contributed by atoms with E-state index in [4.69, 9.17) is 27.0 Å². The van der Waals surface area contributed by atoms with Crippen molar-refractivity contribution >= 4 is 46.3 Å². The fourth-order valence-electron chi connectivity index (χ4n) is 7.38. The molecule has 86 heavy (non-hydrogen) atoms. The third-order valence-electron chi connectivity index (χ3n) is 12.2. The maximum absolute atomic E-state index is 11.9. The first-order chi connectivity index (χ1) is 39.4. The average Bonchev–Trinajstić information content (AvgIpc) is 3.13. The third kappa shape index (κ3) is 24.4. The normalized spacial score (nSPS) is 9.22. The first kappa shape index (κ1) is 89.7. The van der Waals surface area contributed by atoms with Crippen molar-refractivity contribution in [1.29, 1.82) is 0 Å². The van der Waals surface area contributed by atoms with Crippen LogP contribution >= 0.6 is 0 Å². The second kappa shape index (κ2) is 47.7. The molecule has 0 fully saturated rings. The van der Waals surface area contributed by atoms with Crippen LogP contribution in [0.3, 0.4) is 0 Å². The molecule has 0 aromatic carbocycles. The van der Waals surface area contributed by atoms with Crippen LogP contribution in [0.4, 0.5) is 4.70 Å². The van der Waals surface area contributed by atoms with Gasteiger partial charge in [0.1, 0.15) is 22.4 Å². The summed E-state index contributed by atoms with van der Waals surface area (Å²) in [5.74, 6) is -1.38. The van der Waals surface area contributed by atoms with Crippen molar-refractivity contribution in [2.75, 3.05) is 39.3 Å². The standard InChI is InChI=1S/2C13H17N3O.C13H16N2O2.C11H12N2O2.3C2H7N.4C2H6.2CH4.FH.H2/c2*1-5-14-13(17)11-6-7-16-10(4)8(2)9(3)15-12(11)16;1-5-17-13(16)11-6-7-15-10(4)8(2)9(3)14-12(11)15;1-6-7(2)12-10-9(11(14)15)4-5-13(10)8(6)3;3*1-2-3;4*1-2;;;;/h2*6-7H,5H2,1-4H3,(H,14,17);6-7H,5H2,1-4H3;4-5H,1-3H3,(H,14,15);3*2-3H2,1H3;4*1-2H3;2*1H4;2*1H/i;;;;;;;;;;;;;;1+1. The number of ether oxygens (including phenoxy) is 1. The van der Waals surface area contributed by atoms with Crippen LogP contribution in [0.1, 0.15) is 222 Å². The lowest BCUT2D eigenvalue weighted by atomic mass is 10.2. The number of halogens is 1. The van der Waals surface area contributed by atoms with Gasteiger partial charge in [-0.15, -0.1) is 0 Å². The zero-order chi connectivity index (χ0) is 65.0. The van der Waals surface area contributed by atoms with Crippen LogP contribution in [-0.2, 0) is 4.74 Å². The highest BCUT2D eigenvalue weighted by molar-refractivity contribution is 6.01. The van der Waals surface area contributed by atoms with Crippen LogP contribution in [0.5, 0.6) is 0 Å². The van der Waals surface area contributed by atoms with E-state index in [0.717, 1.165) is 98.7 Å². The van der Waals surface area contributed by atoms with Gasteiger partial charge in [0.25, 0.3) is 11.8 Å². The minimum Gasteiger partial charge on any atom is -0.478 e. The quantitative estimate of drug-likeness (QED) is 0.0812. The molecule has 0 radical (unpaired) electrons. The maximum Gasteiger partial charge on any atom is 0.341 e. The third-order valence-corrected chi connectivity index (χ3v) is 12.2. The van der Waals surface area contributed by atoms with Crippen LogP contribution in [0.25, 0.3) is 22.6 Å². The fraction of sp³-hybridized carbons (Fsp3) is 0.515. The molecular formula is C66H118FN13O6. The highest BCUT2D eigenvalue weighted by Gasteiger charge is 2.19. The van der Waals surface area contributed by atoms with E-state index in [1.807, 2.05) is 221 Å². The first-order valence-corrected chi connectivity index (χ1v) is 29.3. The summed E-state index contributed by atoms with van der Waals surface area (Å²) in [5, 5.41) is 14.6. The number of aromatic carboxylic acids is 1. The summed E-state index contributed by atoms with van der Waals surface area (Å²) < 4.78 is 12.7. The van der Waals surface area contributed by atoms with Crippen molar-refractivity contribution < 1.29 is 35.2 Å². The Kier molecular flexibility index (Phi) is 49.7. The molecule has 0 spiro atoms. The topological polar surface area (TPSA) is 269 Å². The average molecular weight is 1210 g/mol. The summed E-state index contributed by atoms with van der Waals surface area (Å²) >= 11 is 0. The molecule has 8 heterocycles. The second-order valence-corrected chi connectivity index (χ2v) is 17.3. The van der Waals surface area contributed by atoms with Crippen LogP contribution in [-0.4, -0.2) is 106 Å². The molecule has 0 saturated carbocycles. The Balaban J connectivity index is -0.000000178. The molecule has 0 aliphatic carbocycles. The zero-order valence-electron chi connectivity index (χ0n) is 56.1. The Bertz CT molecular complexity index is 2980. The molecule has 9 N–H and O–H groups in total. The summed E-state index contributed by atoms with van der Waals surface area (Å²) in [6, 6.07) is 6.97. The number of amides is 2. The number of nitrogens with zero attached hydrogens (tertiary/aromatic N) is 8. The van der Waals surface area contributed by atoms with Crippen molar-refractivity contribution in [3.8, 4) is 0 Å². The highest BCUT2D eigenvalue weighted by atomic mass is 19.0. The lowest BCUT2D eigenvalue weighted by molar-refractivity contribution is 0.0527. The van der Waals surface area contributed by atoms with Gasteiger partial charge in [0.2, 0.25) is 0 Å². The molecule has 0 atom stereocenters. The first-order valence-electron chi connectivity index (χ1n) is 29.3. The number of carboxylic acid groups (broad SMARTS) is 1. The van der Waals surface area contributed by atoms with E-state index in [1.165, 1.54) is 0 Å². The fourth-order valence-corrected chi connectivity index (χ4v) is 7.38. The monoisotopic (exact) mass is 1210 g/mol. The summed E-state index contributed by atoms with van der Waals surface area (Å²) in [6.45, 7) is 55.1. The second-order valence-electron chi connectivity index (χ2n) is 17.3. The molecule has 0 saturated heterocycles. The number of hydrogen-bond donors (Lipinski definition) is 6. The number of nitrogens with one attached hydrogen (secondary N) is 2. The number of aryl methyl sites for hydroxylation is 8. The number of rotatable bonds is 7. The highest BCUT2D eigenvalue weighted by Crippen LogP contribution is 2.22. The number of carbonyl (C=O) groups excluding carboxylic acids is 3. The summed E-state index contributed by atoms with van der Waals surface area (Å²) in [4.78, 5) is 64.2. The summed E-state index contributed by atoms with van der Waals surface area (Å²) in [5.41, 5.74) is 32.0. The molecule has 0 bridgehead atoms. The van der Waals surface area contributed by atoms with Gasteiger partial charge in [-0.2, -0.15) is 0 Å². The molecule has 19 nitrogen and oxygen atoms in total. The van der Waals surface area contributed by atoms with E-state index in [2.05, 4.69) is 30.6 Å². The Morgan fingerprint density at radius 2 is 0.651 bits per heavy atom. The van der Waals surface area contributed by atoms with E-state index in [-0.39, 0.29) is 44.3 Å². The molecule has 8 aromatic rings. The van der Waals surface area contributed by atoms with Gasteiger partial charge >= 0.3 is 11.9 Å². The van der Waals surface area contributed by atoms with Crippen LogP contribution in [0, 0.1) is 83.1 Å². The van der Waals surface area contributed by atoms with Crippen molar-refractivity contribution in [3.05, 3.63) is 139 Å². The van der Waals surface area contributed by atoms with Crippen molar-refractivity contribution in [3.63, 3.8) is 0 Å². The zero-order valence-corrected chi connectivity index (χ0v) is 56.1. The number of hydrogen-bond acceptors (Lipinski definition) is 12. The number of esters is 1. The summed E-state index contributed by atoms with van der Waals surface area (Å²) in [7, 11) is 0. The number of carbonyl (C=O) groups is 4. The predicted molar refractivity (Wildman–Crippen MR) is 364 cm³/mol. The molecule has 0 aliphatic heterocycles. The maximum atomic E-state index is 11.9. The lowest BCUT2D eigenvalue weighted by Gasteiger charge is -2.08. The van der Waals surface area contributed by atoms with Gasteiger partial charge in [-0.25, -0.2) is 29.5 Å². The molecule has 0 unspecified atom stereocenters. The van der Waals surface area contributed by atoms with Crippen LogP contribution in [0.2, 0.25) is 0 Å². The largest absolute Gasteiger partial charge is 0.478 e. The molecule has 2 amide bonds. The smallest absolute Gasteiger partial charge is 0.341 e. The number of carboxylic acids is 1. The van der Waals surface area contributed by atoms with Crippen LogP contribution < -0.4 is 27.8 Å². The van der Waals surface area contributed by atoms with Crippen LogP contribution in [0.15, 0.2) is 49.1 Å². The molecule has 0 aliphatic rings. The molecule has 490 valence electrons. The van der Waals surface area contributed by atoms with Gasteiger partial charge in [-0.1, -0.05) is 91.0 Å².